The first-order valence-corrected chi connectivity index (χ1v) is 11.2. The van der Waals surface area contributed by atoms with Gasteiger partial charge in [-0.25, -0.2) is 0 Å². The molecule has 1 heteroatoms. The number of hydrogen-bond acceptors (Lipinski definition) is 0. The third kappa shape index (κ3) is 6.37. The minimum atomic E-state index is 0. The van der Waals surface area contributed by atoms with Crippen molar-refractivity contribution in [3.05, 3.63) is 72.0 Å². The van der Waals surface area contributed by atoms with Crippen molar-refractivity contribution in [2.24, 2.45) is 11.8 Å². The van der Waals surface area contributed by atoms with Crippen LogP contribution in [0.25, 0.3) is 0 Å². The Morgan fingerprint density at radius 1 is 0.483 bits per heavy atom. The molecule has 0 bridgehead atoms. The molecule has 0 saturated heterocycles. The van der Waals surface area contributed by atoms with Gasteiger partial charge in [0.1, 0.15) is 0 Å². The second kappa shape index (κ2) is 12.1. The second-order valence-electron chi connectivity index (χ2n) is 9.22. The zero-order valence-corrected chi connectivity index (χ0v) is 22.2. The predicted octanol–water partition coefficient (Wildman–Crippen LogP) is 8.16. The average molecular weight is 427 g/mol. The first-order valence-electron chi connectivity index (χ1n) is 11.2. The summed E-state index contributed by atoms with van der Waals surface area (Å²) in [5.74, 6) is 16.5. The summed E-state index contributed by atoms with van der Waals surface area (Å²) in [7, 11) is 0. The monoisotopic (exact) mass is 426 g/mol. The van der Waals surface area contributed by atoms with Crippen molar-refractivity contribution in [3.63, 3.8) is 0 Å². The maximum atomic E-state index is 2.55. The first kappa shape index (κ1) is 27.7. The third-order valence-corrected chi connectivity index (χ3v) is 7.88. The van der Waals surface area contributed by atoms with Crippen molar-refractivity contribution in [1.29, 1.82) is 0 Å². The Labute approximate surface area is 200 Å². The summed E-state index contributed by atoms with van der Waals surface area (Å²) in [5, 5.41) is 0. The largest absolute Gasteiger partial charge is 4.00 e. The quantitative estimate of drug-likeness (QED) is 0.258. The maximum Gasteiger partial charge on any atom is 4.00 e. The molecule has 156 valence electrons. The van der Waals surface area contributed by atoms with E-state index in [0.717, 1.165) is 0 Å². The van der Waals surface area contributed by atoms with E-state index in [0.29, 0.717) is 11.8 Å². The molecule has 2 aliphatic carbocycles. The van der Waals surface area contributed by atoms with Crippen LogP contribution in [0.3, 0.4) is 0 Å². The Kier molecular flexibility index (Phi) is 11.6. The van der Waals surface area contributed by atoms with Gasteiger partial charge >= 0.3 is 21.7 Å². The van der Waals surface area contributed by atoms with E-state index in [2.05, 4.69) is 82.1 Å². The normalized spacial score (nSPS) is 25.9. The molecule has 0 heterocycles. The zero-order valence-electron chi connectivity index (χ0n) is 20.6. The molecule has 10 radical (unpaired) electrons. The second-order valence-corrected chi connectivity index (χ2v) is 9.22. The van der Waals surface area contributed by atoms with E-state index in [-0.39, 0.29) is 21.7 Å². The Morgan fingerprint density at radius 3 is 0.966 bits per heavy atom. The number of hydrogen-bond donors (Lipinski definition) is 0. The van der Waals surface area contributed by atoms with Gasteiger partial charge in [-0.05, 0) is 59.2 Å². The molecule has 0 aromatic heterocycles. The molecule has 2 rings (SSSR count). The average Bonchev–Trinajstić information content (AvgIpc) is 2.97. The van der Waals surface area contributed by atoms with Gasteiger partial charge in [0.2, 0.25) is 0 Å². The van der Waals surface area contributed by atoms with Crippen LogP contribution < -0.4 is 0 Å². The van der Waals surface area contributed by atoms with Gasteiger partial charge in [-0.3, -0.25) is 0 Å². The van der Waals surface area contributed by atoms with Gasteiger partial charge in [0.15, 0.2) is 0 Å². The molecular formula is C28H42Ti+2. The fraction of sp³-hybridized carbons (Fsp3) is 0.571. The van der Waals surface area contributed by atoms with Gasteiger partial charge in [-0.2, -0.15) is 24.7 Å². The van der Waals surface area contributed by atoms with Crippen LogP contribution in [0.15, 0.2) is 0 Å². The van der Waals surface area contributed by atoms with E-state index in [1.807, 2.05) is 0 Å². The fourth-order valence-electron chi connectivity index (χ4n) is 4.75. The molecule has 0 aromatic carbocycles. The van der Waals surface area contributed by atoms with Crippen molar-refractivity contribution in [1.82, 2.24) is 0 Å². The van der Waals surface area contributed by atoms with Gasteiger partial charge in [0.25, 0.3) is 0 Å². The van der Waals surface area contributed by atoms with Crippen molar-refractivity contribution in [2.45, 2.75) is 94.9 Å². The zero-order chi connectivity index (χ0) is 21.2. The van der Waals surface area contributed by atoms with Crippen LogP contribution in [0.5, 0.6) is 0 Å². The summed E-state index contributed by atoms with van der Waals surface area (Å²) >= 11 is 0. The Hall–Kier alpha value is 0.714. The minimum absolute atomic E-state index is 0. The summed E-state index contributed by atoms with van der Waals surface area (Å²) < 4.78 is 0. The van der Waals surface area contributed by atoms with Crippen LogP contribution >= 0.6 is 0 Å². The fourth-order valence-corrected chi connectivity index (χ4v) is 4.75. The van der Waals surface area contributed by atoms with Crippen molar-refractivity contribution in [2.75, 3.05) is 0 Å². The first-order chi connectivity index (χ1) is 13.1. The van der Waals surface area contributed by atoms with Crippen LogP contribution in [-0.2, 0) is 21.7 Å². The van der Waals surface area contributed by atoms with Crippen molar-refractivity contribution < 1.29 is 21.7 Å². The molecule has 0 aliphatic heterocycles. The summed E-state index contributed by atoms with van der Waals surface area (Å²) in [5.41, 5.74) is 0. The Bertz CT molecular complexity index is 389. The van der Waals surface area contributed by atoms with E-state index >= 15 is 0 Å². The standard InChI is InChI=1S/C28H42.Ti/c1-17(13-11-15-27-23(7)19(3)20(4)24(27)8)18(2)14-12-16-28-25(9)21(5)22(6)26(28)10;/h13-14,17-18H,11-12,15-16H2,1-10H3;/q-2;+4. The summed E-state index contributed by atoms with van der Waals surface area (Å²) in [4.78, 5) is 0. The van der Waals surface area contributed by atoms with E-state index in [9.17, 15) is 0 Å². The summed E-state index contributed by atoms with van der Waals surface area (Å²) in [6.45, 7) is 23.0. The molecule has 0 aromatic rings. The maximum absolute atomic E-state index is 2.55. The SMILES string of the molecule is C[C]1[C](C)[C](C)[C](CC[CH-]C(C)C(C)[CH-]CC[C]2[C](C)[C](C)[C](C)[C]2C)[C]1C.[Ti+4]. The van der Waals surface area contributed by atoms with Crippen molar-refractivity contribution in [3.8, 4) is 0 Å². The molecule has 2 fully saturated rings. The molecule has 2 unspecified atom stereocenters. The van der Waals surface area contributed by atoms with Crippen LogP contribution in [0.1, 0.15) is 94.9 Å². The van der Waals surface area contributed by atoms with Crippen molar-refractivity contribution >= 4 is 0 Å². The Morgan fingerprint density at radius 2 is 0.724 bits per heavy atom. The Balaban J connectivity index is 0.00000420. The molecule has 0 amide bonds. The molecule has 2 atom stereocenters. The predicted molar refractivity (Wildman–Crippen MR) is 123 cm³/mol. The van der Waals surface area contributed by atoms with Gasteiger partial charge in [0, 0.05) is 0 Å². The molecule has 0 N–H and O–H groups in total. The van der Waals surface area contributed by atoms with E-state index < -0.39 is 0 Å². The molecule has 0 spiro atoms. The van der Waals surface area contributed by atoms with Crippen LogP contribution in [0, 0.1) is 83.9 Å². The molecule has 0 nitrogen and oxygen atoms in total. The van der Waals surface area contributed by atoms with E-state index in [4.69, 9.17) is 0 Å². The van der Waals surface area contributed by atoms with Crippen LogP contribution in [-0.4, -0.2) is 0 Å². The van der Waals surface area contributed by atoms with Gasteiger partial charge in [-0.15, -0.1) is 0 Å². The van der Waals surface area contributed by atoms with E-state index in [1.165, 1.54) is 73.0 Å². The van der Waals surface area contributed by atoms with Gasteiger partial charge in [-0.1, -0.05) is 82.1 Å². The van der Waals surface area contributed by atoms with Gasteiger partial charge < -0.3 is 12.8 Å². The molecule has 29 heavy (non-hydrogen) atoms. The molecule has 2 saturated carbocycles. The van der Waals surface area contributed by atoms with E-state index in [1.54, 1.807) is 11.8 Å². The topological polar surface area (TPSA) is 0 Å². The smallest absolute Gasteiger partial charge is 0.328 e. The molecular weight excluding hydrogens is 384 g/mol. The number of rotatable bonds is 9. The van der Waals surface area contributed by atoms with Crippen LogP contribution in [0.2, 0.25) is 0 Å². The summed E-state index contributed by atoms with van der Waals surface area (Å²) in [6.07, 6.45) is 9.84. The van der Waals surface area contributed by atoms with Gasteiger partial charge in [0.05, 0.1) is 0 Å². The minimum Gasteiger partial charge on any atom is -0.328 e. The summed E-state index contributed by atoms with van der Waals surface area (Å²) in [6, 6.07) is 0. The van der Waals surface area contributed by atoms with Crippen LogP contribution in [0.4, 0.5) is 0 Å². The molecule has 2 aliphatic rings. The third-order valence-electron chi connectivity index (χ3n) is 7.88.